The first-order chi connectivity index (χ1) is 9.52. The highest BCUT2D eigenvalue weighted by Gasteiger charge is 2.24. The fraction of sp³-hybridized carbons (Fsp3) is 0.429. The number of nitriles is 1. The maximum absolute atomic E-state index is 13.9. The molecule has 0 aromatic heterocycles. The Kier molecular flexibility index (Phi) is 6.07. The van der Waals surface area contributed by atoms with E-state index in [2.05, 4.69) is 0 Å². The number of ether oxygens (including phenoxy) is 1. The lowest BCUT2D eigenvalue weighted by molar-refractivity contribution is 0.0690. The predicted octanol–water partition coefficient (Wildman–Crippen LogP) is 2.28. The molecule has 0 atom stereocenters. The molecule has 0 spiro atoms. The van der Waals surface area contributed by atoms with Crippen molar-refractivity contribution in [3.63, 3.8) is 0 Å². The summed E-state index contributed by atoms with van der Waals surface area (Å²) in [5.74, 6) is -2.54. The first-order valence-corrected chi connectivity index (χ1v) is 6.12. The third kappa shape index (κ3) is 3.75. The highest BCUT2D eigenvalue weighted by molar-refractivity contribution is 5.95. The summed E-state index contributed by atoms with van der Waals surface area (Å²) in [5.41, 5.74) is -0.388. The van der Waals surface area contributed by atoms with Crippen molar-refractivity contribution in [3.05, 3.63) is 34.9 Å². The van der Waals surface area contributed by atoms with E-state index in [0.29, 0.717) is 0 Å². The fourth-order valence-electron chi connectivity index (χ4n) is 1.71. The molecule has 108 valence electrons. The lowest BCUT2D eigenvalue weighted by Gasteiger charge is -2.22. The van der Waals surface area contributed by atoms with Gasteiger partial charge in [-0.3, -0.25) is 4.79 Å². The average Bonchev–Trinajstić information content (AvgIpc) is 2.43. The Balaban J connectivity index is 3.05. The van der Waals surface area contributed by atoms with Crippen LogP contribution in [0, 0.1) is 29.9 Å². The summed E-state index contributed by atoms with van der Waals surface area (Å²) in [6.07, 6.45) is 0.0878. The van der Waals surface area contributed by atoms with Gasteiger partial charge in [0.25, 0.3) is 5.91 Å². The van der Waals surface area contributed by atoms with E-state index in [1.54, 1.807) is 0 Å². The molecular weight excluding hydrogens is 266 g/mol. The Morgan fingerprint density at radius 1 is 1.40 bits per heavy atom. The van der Waals surface area contributed by atoms with E-state index in [0.717, 1.165) is 6.07 Å². The van der Waals surface area contributed by atoms with Gasteiger partial charge in [0.05, 0.1) is 19.1 Å². The van der Waals surface area contributed by atoms with Crippen molar-refractivity contribution in [1.29, 1.82) is 5.26 Å². The zero-order valence-electron chi connectivity index (χ0n) is 11.4. The number of nitrogens with zero attached hydrogens (tertiary/aromatic N) is 2. The molecule has 20 heavy (non-hydrogen) atoms. The topological polar surface area (TPSA) is 53.3 Å². The van der Waals surface area contributed by atoms with Gasteiger partial charge in [-0.2, -0.15) is 5.26 Å². The number of methoxy groups -OCH3 is 1. The van der Waals surface area contributed by atoms with Crippen LogP contribution < -0.4 is 0 Å². The van der Waals surface area contributed by atoms with Gasteiger partial charge in [0, 0.05) is 20.2 Å². The Hall–Kier alpha value is -2.00. The van der Waals surface area contributed by atoms with E-state index in [4.69, 9.17) is 10.00 Å². The van der Waals surface area contributed by atoms with Crippen LogP contribution >= 0.6 is 0 Å². The molecule has 0 radical (unpaired) electrons. The molecule has 0 saturated carbocycles. The summed E-state index contributed by atoms with van der Waals surface area (Å²) in [6, 6.07) is 4.23. The Morgan fingerprint density at radius 3 is 2.70 bits per heavy atom. The second kappa shape index (κ2) is 7.56. The van der Waals surface area contributed by atoms with Gasteiger partial charge >= 0.3 is 0 Å². The Bertz CT molecular complexity index is 527. The van der Waals surface area contributed by atoms with Crippen LogP contribution in [0.5, 0.6) is 0 Å². The van der Waals surface area contributed by atoms with Crippen molar-refractivity contribution in [1.82, 2.24) is 4.90 Å². The maximum atomic E-state index is 13.9. The van der Waals surface area contributed by atoms with E-state index in [1.807, 2.05) is 6.07 Å². The van der Waals surface area contributed by atoms with Crippen LogP contribution in [0.1, 0.15) is 22.3 Å². The minimum atomic E-state index is -0.905. The van der Waals surface area contributed by atoms with Crippen LogP contribution in [0.25, 0.3) is 0 Å². The second-order valence-electron chi connectivity index (χ2n) is 4.25. The van der Waals surface area contributed by atoms with Crippen LogP contribution in [-0.2, 0) is 4.74 Å². The van der Waals surface area contributed by atoms with Crippen molar-refractivity contribution in [3.8, 4) is 6.07 Å². The lowest BCUT2D eigenvalue weighted by atomic mass is 10.1. The highest BCUT2D eigenvalue weighted by atomic mass is 19.1. The van der Waals surface area contributed by atoms with Crippen molar-refractivity contribution < 1.29 is 18.3 Å². The third-order valence-corrected chi connectivity index (χ3v) is 2.84. The van der Waals surface area contributed by atoms with Crippen molar-refractivity contribution >= 4 is 5.91 Å². The van der Waals surface area contributed by atoms with Gasteiger partial charge in [0.1, 0.15) is 17.2 Å². The zero-order chi connectivity index (χ0) is 15.1. The molecule has 0 N–H and O–H groups in total. The zero-order valence-corrected chi connectivity index (χ0v) is 11.4. The van der Waals surface area contributed by atoms with Gasteiger partial charge in [-0.1, -0.05) is 6.07 Å². The van der Waals surface area contributed by atoms with Crippen molar-refractivity contribution in [2.45, 2.75) is 13.3 Å². The number of benzene rings is 1. The molecule has 1 aromatic carbocycles. The van der Waals surface area contributed by atoms with Crippen molar-refractivity contribution in [2.24, 2.45) is 0 Å². The number of amides is 1. The highest BCUT2D eigenvalue weighted by Crippen LogP contribution is 2.18. The summed E-state index contributed by atoms with van der Waals surface area (Å²) in [7, 11) is 1.46. The standard InChI is InChI=1S/C14H16F2N2O2/c1-10-4-5-11(15)12(13(10)16)14(19)18(7-3-6-17)8-9-20-2/h4-5H,3,7-9H2,1-2H3. The first-order valence-electron chi connectivity index (χ1n) is 6.12. The average molecular weight is 282 g/mol. The van der Waals surface area contributed by atoms with Gasteiger partial charge in [0.2, 0.25) is 0 Å². The minimum absolute atomic E-state index is 0.0878. The van der Waals surface area contributed by atoms with Crippen molar-refractivity contribution in [2.75, 3.05) is 26.8 Å². The quantitative estimate of drug-likeness (QED) is 0.804. The van der Waals surface area contributed by atoms with E-state index < -0.39 is 23.1 Å². The van der Waals surface area contributed by atoms with Crippen LogP contribution in [0.2, 0.25) is 0 Å². The molecule has 0 saturated heterocycles. The summed E-state index contributed by atoms with van der Waals surface area (Å²) in [6.45, 7) is 1.96. The monoisotopic (exact) mass is 282 g/mol. The van der Waals surface area contributed by atoms with E-state index in [-0.39, 0.29) is 31.7 Å². The first kappa shape index (κ1) is 16.1. The number of hydrogen-bond acceptors (Lipinski definition) is 3. The number of carbonyl (C=O) groups is 1. The Morgan fingerprint density at radius 2 is 2.10 bits per heavy atom. The Labute approximate surface area is 116 Å². The predicted molar refractivity (Wildman–Crippen MR) is 69.1 cm³/mol. The summed E-state index contributed by atoms with van der Waals surface area (Å²) < 4.78 is 32.5. The van der Waals surface area contributed by atoms with Gasteiger partial charge in [-0.25, -0.2) is 8.78 Å². The normalized spacial score (nSPS) is 10.2. The SMILES string of the molecule is COCCN(CCC#N)C(=O)c1c(F)ccc(C)c1F. The molecule has 0 aliphatic rings. The van der Waals surface area contributed by atoms with Crippen LogP contribution in [0.15, 0.2) is 12.1 Å². The number of halogens is 2. The smallest absolute Gasteiger partial charge is 0.259 e. The summed E-state index contributed by atoms with van der Waals surface area (Å²) in [5, 5.41) is 8.58. The largest absolute Gasteiger partial charge is 0.383 e. The van der Waals surface area contributed by atoms with Crippen LogP contribution in [0.4, 0.5) is 8.78 Å². The summed E-state index contributed by atoms with van der Waals surface area (Å²) >= 11 is 0. The van der Waals surface area contributed by atoms with E-state index in [1.165, 1.54) is 25.0 Å². The number of rotatable bonds is 6. The third-order valence-electron chi connectivity index (χ3n) is 2.84. The van der Waals surface area contributed by atoms with Gasteiger partial charge in [-0.15, -0.1) is 0 Å². The van der Waals surface area contributed by atoms with Gasteiger partial charge in [-0.05, 0) is 18.6 Å². The molecule has 0 aliphatic heterocycles. The molecule has 6 heteroatoms. The molecule has 0 heterocycles. The number of aryl methyl sites for hydroxylation is 1. The van der Waals surface area contributed by atoms with Crippen LogP contribution in [-0.4, -0.2) is 37.6 Å². The van der Waals surface area contributed by atoms with E-state index >= 15 is 0 Å². The molecule has 0 fully saturated rings. The maximum Gasteiger partial charge on any atom is 0.259 e. The molecular formula is C14H16F2N2O2. The molecule has 1 amide bonds. The molecule has 1 rings (SSSR count). The van der Waals surface area contributed by atoms with Crippen LogP contribution in [0.3, 0.4) is 0 Å². The molecule has 0 aliphatic carbocycles. The molecule has 1 aromatic rings. The minimum Gasteiger partial charge on any atom is -0.383 e. The number of carbonyl (C=O) groups excluding carboxylic acids is 1. The molecule has 0 bridgehead atoms. The van der Waals surface area contributed by atoms with Gasteiger partial charge in [0.15, 0.2) is 0 Å². The lowest BCUT2D eigenvalue weighted by Crippen LogP contribution is -2.36. The molecule has 4 nitrogen and oxygen atoms in total. The number of hydrogen-bond donors (Lipinski definition) is 0. The fourth-order valence-corrected chi connectivity index (χ4v) is 1.71. The van der Waals surface area contributed by atoms with Gasteiger partial charge < -0.3 is 9.64 Å². The summed E-state index contributed by atoms with van der Waals surface area (Å²) in [4.78, 5) is 13.4. The second-order valence-corrected chi connectivity index (χ2v) is 4.25. The molecule has 0 unspecified atom stereocenters. The van der Waals surface area contributed by atoms with E-state index in [9.17, 15) is 13.6 Å².